The third kappa shape index (κ3) is 6.14. The van der Waals surface area contributed by atoms with Crippen molar-refractivity contribution in [2.45, 2.75) is 31.8 Å². The van der Waals surface area contributed by atoms with Gasteiger partial charge in [0.15, 0.2) is 0 Å². The van der Waals surface area contributed by atoms with Crippen molar-refractivity contribution < 1.29 is 4.39 Å². The van der Waals surface area contributed by atoms with Gasteiger partial charge in [-0.2, -0.15) is 5.26 Å². The highest BCUT2D eigenvalue weighted by Crippen LogP contribution is 2.37. The third-order valence-corrected chi connectivity index (χ3v) is 8.35. The van der Waals surface area contributed by atoms with Gasteiger partial charge in [-0.15, -0.1) is 5.53 Å². The lowest BCUT2D eigenvalue weighted by Crippen LogP contribution is -2.48. The average molecular weight is 620 g/mol. The van der Waals surface area contributed by atoms with Crippen LogP contribution in [0.15, 0.2) is 67.1 Å². The Morgan fingerprint density at radius 1 is 1.09 bits per heavy atom. The summed E-state index contributed by atoms with van der Waals surface area (Å²) in [5, 5.41) is 19.8. The normalized spacial score (nSPS) is 16.4. The van der Waals surface area contributed by atoms with Gasteiger partial charge in [0.1, 0.15) is 18.2 Å². The molecule has 1 atom stereocenters. The molecule has 2 aromatic carbocycles. The highest BCUT2D eigenvalue weighted by molar-refractivity contribution is 6.36. The van der Waals surface area contributed by atoms with Crippen molar-refractivity contribution in [2.24, 2.45) is 0 Å². The van der Waals surface area contributed by atoms with Crippen LogP contribution in [0.1, 0.15) is 36.9 Å². The van der Waals surface area contributed by atoms with E-state index in [1.165, 1.54) is 24.7 Å². The molecule has 1 fully saturated rings. The SMILES string of the molecule is CCN1CCC(N2C=C(C(Nc3cc(Cl)c4ncc(C#N)c(Nc5ccc(F)c(Cl)c5)c4c3)c3cncnc3)NN2)CC1. The molecule has 2 aliphatic heterocycles. The predicted octanol–water partition coefficient (Wildman–Crippen LogP) is 5.89. The van der Waals surface area contributed by atoms with E-state index in [9.17, 15) is 9.65 Å². The summed E-state index contributed by atoms with van der Waals surface area (Å²) in [5.74, 6) is -0.535. The van der Waals surface area contributed by atoms with Crippen LogP contribution in [0.4, 0.5) is 21.5 Å². The molecule has 1 unspecified atom stereocenters. The molecule has 0 amide bonds. The number of pyridine rings is 1. The van der Waals surface area contributed by atoms with Crippen molar-refractivity contribution in [1.82, 2.24) is 35.8 Å². The minimum absolute atomic E-state index is 0.0360. The van der Waals surface area contributed by atoms with Crippen LogP contribution in [0.5, 0.6) is 0 Å². The molecule has 13 heteroatoms. The van der Waals surface area contributed by atoms with Crippen molar-refractivity contribution in [2.75, 3.05) is 30.3 Å². The van der Waals surface area contributed by atoms with Crippen LogP contribution < -0.4 is 21.6 Å². The number of hydrogen-bond donors (Lipinski definition) is 4. The number of halogens is 3. The van der Waals surface area contributed by atoms with E-state index in [1.807, 2.05) is 6.07 Å². The number of anilines is 3. The molecule has 4 aromatic rings. The van der Waals surface area contributed by atoms with Gasteiger partial charge >= 0.3 is 0 Å². The molecule has 2 aromatic heterocycles. The zero-order valence-electron chi connectivity index (χ0n) is 23.3. The Kier molecular flexibility index (Phi) is 8.44. The quantitative estimate of drug-likeness (QED) is 0.190. The first-order valence-corrected chi connectivity index (χ1v) is 14.7. The van der Waals surface area contributed by atoms with E-state index < -0.39 is 5.82 Å². The summed E-state index contributed by atoms with van der Waals surface area (Å²) in [4.78, 5) is 15.4. The molecule has 0 spiro atoms. The molecule has 0 aliphatic carbocycles. The van der Waals surface area contributed by atoms with Crippen LogP contribution in [0, 0.1) is 17.1 Å². The van der Waals surface area contributed by atoms with E-state index in [-0.39, 0.29) is 11.1 Å². The number of nitrogens with zero attached hydrogens (tertiary/aromatic N) is 6. The molecule has 6 rings (SSSR count). The number of fused-ring (bicyclic) bond motifs is 1. The van der Waals surface area contributed by atoms with Gasteiger partial charge in [0.2, 0.25) is 0 Å². The maximum Gasteiger partial charge on any atom is 0.141 e. The molecule has 0 bridgehead atoms. The molecular weight excluding hydrogens is 590 g/mol. The summed E-state index contributed by atoms with van der Waals surface area (Å²) >= 11 is 12.8. The Hall–Kier alpha value is -4.21. The van der Waals surface area contributed by atoms with Crippen LogP contribution in [0.25, 0.3) is 10.9 Å². The van der Waals surface area contributed by atoms with E-state index in [2.05, 4.69) is 65.6 Å². The smallest absolute Gasteiger partial charge is 0.141 e. The van der Waals surface area contributed by atoms with Gasteiger partial charge in [-0.3, -0.25) is 9.99 Å². The van der Waals surface area contributed by atoms with Gasteiger partial charge in [-0.25, -0.2) is 14.4 Å². The van der Waals surface area contributed by atoms with Gasteiger partial charge in [-0.1, -0.05) is 30.1 Å². The number of likely N-dealkylation sites (tertiary alicyclic amines) is 1. The van der Waals surface area contributed by atoms with Gasteiger partial charge in [0, 0.05) is 66.2 Å². The lowest BCUT2D eigenvalue weighted by Gasteiger charge is -2.35. The summed E-state index contributed by atoms with van der Waals surface area (Å²) in [6, 6.07) is 10.1. The fraction of sp³-hybridized carbons (Fsp3) is 0.267. The van der Waals surface area contributed by atoms with Crippen LogP contribution in [-0.2, 0) is 0 Å². The predicted molar refractivity (Wildman–Crippen MR) is 166 cm³/mol. The van der Waals surface area contributed by atoms with Gasteiger partial charge in [0.05, 0.1) is 38.6 Å². The summed E-state index contributed by atoms with van der Waals surface area (Å²) in [6.07, 6.45) is 10.7. The number of nitrogens with one attached hydrogen (secondary N) is 4. The Labute approximate surface area is 258 Å². The molecular formula is C30H29Cl2FN10. The second-order valence-electron chi connectivity index (χ2n) is 10.4. The minimum atomic E-state index is -0.535. The number of hydrogen-bond acceptors (Lipinski definition) is 10. The summed E-state index contributed by atoms with van der Waals surface area (Å²) in [7, 11) is 0. The molecule has 4 N–H and O–H groups in total. The van der Waals surface area contributed by atoms with Crippen LogP contribution >= 0.6 is 23.2 Å². The Morgan fingerprint density at radius 3 is 2.58 bits per heavy atom. The zero-order valence-corrected chi connectivity index (χ0v) is 24.8. The lowest BCUT2D eigenvalue weighted by atomic mass is 10.0. The van der Waals surface area contributed by atoms with Gasteiger partial charge in [0.25, 0.3) is 0 Å². The molecule has 1 saturated heterocycles. The first-order valence-electron chi connectivity index (χ1n) is 13.9. The lowest BCUT2D eigenvalue weighted by molar-refractivity contribution is 0.112. The van der Waals surface area contributed by atoms with Crippen LogP contribution in [-0.4, -0.2) is 50.5 Å². The molecule has 10 nitrogen and oxygen atoms in total. The maximum atomic E-state index is 13.8. The van der Waals surface area contributed by atoms with Gasteiger partial charge in [-0.05, 0) is 49.7 Å². The number of aromatic nitrogens is 3. The zero-order chi connectivity index (χ0) is 29.9. The maximum absolute atomic E-state index is 13.8. The van der Waals surface area contributed by atoms with Crippen molar-refractivity contribution >= 4 is 51.2 Å². The fourth-order valence-electron chi connectivity index (χ4n) is 5.45. The Morgan fingerprint density at radius 2 is 1.86 bits per heavy atom. The van der Waals surface area contributed by atoms with Crippen LogP contribution in [0.2, 0.25) is 10.0 Å². The minimum Gasteiger partial charge on any atom is -0.373 e. The summed E-state index contributed by atoms with van der Waals surface area (Å²) in [6.45, 7) is 5.38. The van der Waals surface area contributed by atoms with E-state index in [0.29, 0.717) is 44.6 Å². The van der Waals surface area contributed by atoms with Crippen LogP contribution in [0.3, 0.4) is 0 Å². The summed E-state index contributed by atoms with van der Waals surface area (Å²) in [5.41, 5.74) is 10.8. The molecule has 0 radical (unpaired) electrons. The number of piperidine rings is 1. The molecule has 43 heavy (non-hydrogen) atoms. The standard InChI is InChI=1S/C30H29Cl2FN10/c1-2-42-7-5-22(6-8-42)43-16-27(40-41-43)29(19-13-35-17-36-14-19)39-21-9-23-28(38-20-3-4-26(33)24(31)10-20)18(12-34)15-37-30(23)25(32)11-21/h3-4,9-11,13-17,22,29,39-41H,2,5-8H2,1H3,(H,37,38). The number of hydrazine groups is 2. The molecule has 4 heterocycles. The first kappa shape index (κ1) is 28.9. The topological polar surface area (TPSA) is 117 Å². The highest BCUT2D eigenvalue weighted by Gasteiger charge is 2.29. The van der Waals surface area contributed by atoms with Gasteiger partial charge < -0.3 is 21.0 Å². The number of nitriles is 1. The Bertz CT molecular complexity index is 1700. The summed E-state index contributed by atoms with van der Waals surface area (Å²) < 4.78 is 13.8. The molecule has 220 valence electrons. The van der Waals surface area contributed by atoms with E-state index in [1.54, 1.807) is 24.5 Å². The number of rotatable bonds is 8. The van der Waals surface area contributed by atoms with Crippen molar-refractivity contribution in [1.29, 1.82) is 5.26 Å². The Balaban J connectivity index is 1.35. The van der Waals surface area contributed by atoms with Crippen molar-refractivity contribution in [3.63, 3.8) is 0 Å². The van der Waals surface area contributed by atoms with E-state index >= 15 is 0 Å². The average Bonchev–Trinajstić information content (AvgIpc) is 3.52. The second kappa shape index (κ2) is 12.6. The highest BCUT2D eigenvalue weighted by atomic mass is 35.5. The second-order valence-corrected chi connectivity index (χ2v) is 11.2. The third-order valence-electron chi connectivity index (χ3n) is 7.78. The monoisotopic (exact) mass is 618 g/mol. The molecule has 2 aliphatic rings. The van der Waals surface area contributed by atoms with E-state index in [0.717, 1.165) is 43.7 Å². The van der Waals surface area contributed by atoms with E-state index in [4.69, 9.17) is 23.2 Å². The molecule has 0 saturated carbocycles. The van der Waals surface area contributed by atoms with Crippen molar-refractivity contribution in [3.8, 4) is 6.07 Å². The largest absolute Gasteiger partial charge is 0.373 e. The van der Waals surface area contributed by atoms with Crippen molar-refractivity contribution in [3.05, 3.63) is 94.1 Å². The number of benzene rings is 2. The first-order chi connectivity index (χ1) is 20.9. The fourth-order valence-corrected chi connectivity index (χ4v) is 5.90.